The predicted octanol–water partition coefficient (Wildman–Crippen LogP) is 1.08. The Morgan fingerprint density at radius 3 is 2.67 bits per heavy atom. The summed E-state index contributed by atoms with van der Waals surface area (Å²) < 4.78 is 6.62. The fraction of sp³-hybridized carbons (Fsp3) is 0.471. The maximum atomic E-state index is 12.1. The molecule has 1 aromatic heterocycles. The number of carbonyl (C=O) groups excluding carboxylic acids is 2. The van der Waals surface area contributed by atoms with E-state index in [0.717, 1.165) is 42.9 Å². The van der Waals surface area contributed by atoms with Gasteiger partial charge in [-0.1, -0.05) is 12.1 Å². The van der Waals surface area contributed by atoms with Crippen LogP contribution < -0.4 is 10.2 Å². The number of aryl methyl sites for hydroxylation is 1. The molecule has 2 heterocycles. The van der Waals surface area contributed by atoms with Crippen molar-refractivity contribution in [3.05, 3.63) is 24.3 Å². The highest BCUT2D eigenvalue weighted by molar-refractivity contribution is 5.83. The predicted molar refractivity (Wildman–Crippen MR) is 90.7 cm³/mol. The van der Waals surface area contributed by atoms with E-state index in [-0.39, 0.29) is 18.4 Å². The highest BCUT2D eigenvalue weighted by atomic mass is 16.5. The van der Waals surface area contributed by atoms with E-state index in [1.807, 2.05) is 25.2 Å². The third kappa shape index (κ3) is 3.20. The molecule has 0 unspecified atom stereocenters. The summed E-state index contributed by atoms with van der Waals surface area (Å²) in [4.78, 5) is 30.1. The topological polar surface area (TPSA) is 76.5 Å². The average Bonchev–Trinajstić information content (AvgIpc) is 2.96. The molecular weight excluding hydrogens is 308 g/mol. The number of rotatable bonds is 4. The quantitative estimate of drug-likeness (QED) is 0.849. The summed E-state index contributed by atoms with van der Waals surface area (Å²) in [6, 6.07) is 8.05. The van der Waals surface area contributed by atoms with Crippen molar-refractivity contribution >= 4 is 28.9 Å². The number of nitrogens with zero attached hydrogens (tertiary/aromatic N) is 3. The summed E-state index contributed by atoms with van der Waals surface area (Å²) in [6.07, 6.45) is 1.49. The van der Waals surface area contributed by atoms with E-state index in [2.05, 4.69) is 25.6 Å². The molecule has 24 heavy (non-hydrogen) atoms. The third-order valence-electron chi connectivity index (χ3n) is 4.55. The highest BCUT2D eigenvalue weighted by Gasteiger charge is 2.27. The average molecular weight is 330 g/mol. The van der Waals surface area contributed by atoms with Crippen molar-refractivity contribution in [2.45, 2.75) is 12.8 Å². The first kappa shape index (κ1) is 16.3. The molecule has 7 nitrogen and oxygen atoms in total. The molecule has 1 aliphatic heterocycles. The summed E-state index contributed by atoms with van der Waals surface area (Å²) in [5, 5.41) is 2.64. The minimum Gasteiger partial charge on any atom is -0.468 e. The second-order valence-corrected chi connectivity index (χ2v) is 6.01. The monoisotopic (exact) mass is 330 g/mol. The Labute approximate surface area is 140 Å². The molecule has 0 spiro atoms. The number of piperidine rings is 1. The molecule has 0 atom stereocenters. The van der Waals surface area contributed by atoms with Gasteiger partial charge >= 0.3 is 5.97 Å². The van der Waals surface area contributed by atoms with Crippen LogP contribution in [-0.4, -0.2) is 48.2 Å². The van der Waals surface area contributed by atoms with Crippen molar-refractivity contribution in [2.75, 3.05) is 31.6 Å². The van der Waals surface area contributed by atoms with Crippen molar-refractivity contribution in [2.24, 2.45) is 13.0 Å². The largest absolute Gasteiger partial charge is 0.468 e. The maximum Gasteiger partial charge on any atom is 0.325 e. The van der Waals surface area contributed by atoms with E-state index >= 15 is 0 Å². The number of esters is 1. The number of ether oxygens (including phenoxy) is 1. The van der Waals surface area contributed by atoms with Crippen LogP contribution in [0.1, 0.15) is 12.8 Å². The number of benzene rings is 1. The van der Waals surface area contributed by atoms with Gasteiger partial charge in [0, 0.05) is 26.1 Å². The van der Waals surface area contributed by atoms with Crippen LogP contribution >= 0.6 is 0 Å². The van der Waals surface area contributed by atoms with Crippen LogP contribution in [0.15, 0.2) is 24.3 Å². The zero-order chi connectivity index (χ0) is 17.1. The third-order valence-corrected chi connectivity index (χ3v) is 4.55. The first-order chi connectivity index (χ1) is 11.6. The van der Waals surface area contributed by atoms with Crippen LogP contribution in [0.5, 0.6) is 0 Å². The second kappa shape index (κ2) is 6.90. The lowest BCUT2D eigenvalue weighted by Crippen LogP contribution is -2.42. The minimum atomic E-state index is -0.430. The zero-order valence-corrected chi connectivity index (χ0v) is 14.0. The van der Waals surface area contributed by atoms with Gasteiger partial charge < -0.3 is 19.5 Å². The molecule has 2 aromatic rings. The van der Waals surface area contributed by atoms with Gasteiger partial charge in [0.2, 0.25) is 11.9 Å². The van der Waals surface area contributed by atoms with Crippen LogP contribution in [0.25, 0.3) is 11.0 Å². The molecule has 1 saturated heterocycles. The number of amides is 1. The summed E-state index contributed by atoms with van der Waals surface area (Å²) >= 11 is 0. The van der Waals surface area contributed by atoms with E-state index in [0.29, 0.717) is 0 Å². The summed E-state index contributed by atoms with van der Waals surface area (Å²) in [5.41, 5.74) is 2.08. The van der Waals surface area contributed by atoms with Gasteiger partial charge in [0.05, 0.1) is 18.1 Å². The van der Waals surface area contributed by atoms with Gasteiger partial charge in [-0.05, 0) is 25.0 Å². The van der Waals surface area contributed by atoms with E-state index < -0.39 is 5.97 Å². The number of nitrogens with one attached hydrogen (secondary N) is 1. The summed E-state index contributed by atoms with van der Waals surface area (Å²) in [6.45, 7) is 1.47. The van der Waals surface area contributed by atoms with E-state index in [1.54, 1.807) is 0 Å². The van der Waals surface area contributed by atoms with Crippen LogP contribution in [0.2, 0.25) is 0 Å². The number of aromatic nitrogens is 2. The van der Waals surface area contributed by atoms with Crippen LogP contribution in [0, 0.1) is 5.92 Å². The van der Waals surface area contributed by atoms with Crippen LogP contribution in [-0.2, 0) is 21.4 Å². The van der Waals surface area contributed by atoms with Crippen LogP contribution in [0.4, 0.5) is 5.95 Å². The molecule has 0 aliphatic carbocycles. The summed E-state index contributed by atoms with van der Waals surface area (Å²) in [5.74, 6) is 0.357. The zero-order valence-electron chi connectivity index (χ0n) is 14.0. The fourth-order valence-corrected chi connectivity index (χ4v) is 3.13. The van der Waals surface area contributed by atoms with E-state index in [9.17, 15) is 9.59 Å². The number of imidazole rings is 1. The number of methoxy groups -OCH3 is 1. The fourth-order valence-electron chi connectivity index (χ4n) is 3.13. The molecule has 1 aliphatic rings. The lowest BCUT2D eigenvalue weighted by molar-refractivity contribution is -0.141. The Morgan fingerprint density at radius 2 is 2.00 bits per heavy atom. The van der Waals surface area contributed by atoms with Gasteiger partial charge in [-0.15, -0.1) is 0 Å². The van der Waals surface area contributed by atoms with E-state index in [4.69, 9.17) is 4.98 Å². The first-order valence-corrected chi connectivity index (χ1v) is 8.11. The molecule has 0 bridgehead atoms. The number of hydrogen-bond donors (Lipinski definition) is 1. The molecule has 1 aromatic carbocycles. The standard InChI is InChI=1S/C17H22N4O3/c1-20-14-6-4-3-5-13(14)19-17(20)21-9-7-12(8-10-21)16(23)18-11-15(22)24-2/h3-6,12H,7-11H2,1-2H3,(H,18,23). The van der Waals surface area contributed by atoms with Gasteiger partial charge in [-0.25, -0.2) is 4.98 Å². The molecule has 1 fully saturated rings. The van der Waals surface area contributed by atoms with Crippen molar-refractivity contribution in [1.82, 2.24) is 14.9 Å². The Morgan fingerprint density at radius 1 is 1.29 bits per heavy atom. The van der Waals surface area contributed by atoms with Crippen molar-refractivity contribution in [3.8, 4) is 0 Å². The maximum absolute atomic E-state index is 12.1. The molecule has 1 N–H and O–H groups in total. The van der Waals surface area contributed by atoms with Gasteiger partial charge in [-0.3, -0.25) is 9.59 Å². The number of carbonyl (C=O) groups is 2. The molecule has 3 rings (SSSR count). The Kier molecular flexibility index (Phi) is 4.69. The highest BCUT2D eigenvalue weighted by Crippen LogP contribution is 2.25. The summed E-state index contributed by atoms with van der Waals surface area (Å²) in [7, 11) is 3.32. The second-order valence-electron chi connectivity index (χ2n) is 6.01. The minimum absolute atomic E-state index is 0.0689. The van der Waals surface area contributed by atoms with Crippen molar-refractivity contribution < 1.29 is 14.3 Å². The van der Waals surface area contributed by atoms with Crippen LogP contribution in [0.3, 0.4) is 0 Å². The van der Waals surface area contributed by atoms with Crippen molar-refractivity contribution in [3.63, 3.8) is 0 Å². The molecule has 0 radical (unpaired) electrons. The number of hydrogen-bond acceptors (Lipinski definition) is 5. The first-order valence-electron chi connectivity index (χ1n) is 8.11. The lowest BCUT2D eigenvalue weighted by atomic mass is 9.96. The SMILES string of the molecule is COC(=O)CNC(=O)C1CCN(c2nc3ccccc3n2C)CC1. The molecule has 0 saturated carbocycles. The van der Waals surface area contributed by atoms with Gasteiger partial charge in [0.25, 0.3) is 0 Å². The van der Waals surface area contributed by atoms with Gasteiger partial charge in [0.15, 0.2) is 0 Å². The Balaban J connectivity index is 1.61. The number of fused-ring (bicyclic) bond motifs is 1. The normalized spacial score (nSPS) is 15.5. The molecule has 7 heteroatoms. The molecule has 1 amide bonds. The molecule has 128 valence electrons. The molecular formula is C17H22N4O3. The smallest absolute Gasteiger partial charge is 0.325 e. The number of anilines is 1. The van der Waals surface area contributed by atoms with Crippen molar-refractivity contribution in [1.29, 1.82) is 0 Å². The van der Waals surface area contributed by atoms with E-state index in [1.165, 1.54) is 7.11 Å². The Hall–Kier alpha value is -2.57. The van der Waals surface area contributed by atoms with Gasteiger partial charge in [-0.2, -0.15) is 0 Å². The Bertz CT molecular complexity index is 747. The lowest BCUT2D eigenvalue weighted by Gasteiger charge is -2.31. The van der Waals surface area contributed by atoms with Gasteiger partial charge in [0.1, 0.15) is 6.54 Å². The number of para-hydroxylation sites is 2.